The maximum atomic E-state index is 4.95. The molecule has 2 aromatic rings. The molecule has 1 N–H and O–H groups in total. The van der Waals surface area contributed by atoms with Crippen molar-refractivity contribution in [2.75, 3.05) is 18.5 Å². The largest absolute Gasteiger partial charge is 0.318 e. The van der Waals surface area contributed by atoms with Crippen molar-refractivity contribution in [3.8, 4) is 0 Å². The van der Waals surface area contributed by atoms with E-state index < -0.39 is 0 Å². The van der Waals surface area contributed by atoms with E-state index in [0.29, 0.717) is 5.92 Å². The average molecular weight is 303 g/mol. The fourth-order valence-corrected chi connectivity index (χ4v) is 3.64. The van der Waals surface area contributed by atoms with Gasteiger partial charge in [0.2, 0.25) is 0 Å². The van der Waals surface area contributed by atoms with Gasteiger partial charge in [0.05, 0.1) is 5.69 Å². The SMILES string of the molecule is CCC(C)c1nc(N(CC)c2ccccc2)sc1CNC. The Labute approximate surface area is 132 Å². The number of nitrogens with one attached hydrogen (secondary N) is 1. The van der Waals surface area contributed by atoms with E-state index in [9.17, 15) is 0 Å². The Morgan fingerprint density at radius 1 is 1.24 bits per heavy atom. The van der Waals surface area contributed by atoms with Crippen LogP contribution in [0.2, 0.25) is 0 Å². The number of thiazole rings is 1. The third-order valence-electron chi connectivity index (χ3n) is 3.75. The number of aromatic nitrogens is 1. The first kappa shape index (κ1) is 16.0. The molecule has 4 heteroatoms. The van der Waals surface area contributed by atoms with Gasteiger partial charge in [-0.05, 0) is 38.4 Å². The zero-order valence-corrected chi connectivity index (χ0v) is 14.2. The molecule has 21 heavy (non-hydrogen) atoms. The highest BCUT2D eigenvalue weighted by Gasteiger charge is 2.19. The first-order valence-corrected chi connectivity index (χ1v) is 8.49. The van der Waals surface area contributed by atoms with Gasteiger partial charge in [0.25, 0.3) is 0 Å². The second kappa shape index (κ2) is 7.57. The lowest BCUT2D eigenvalue weighted by atomic mass is 10.0. The number of para-hydroxylation sites is 1. The zero-order valence-electron chi connectivity index (χ0n) is 13.4. The van der Waals surface area contributed by atoms with E-state index in [1.807, 2.05) is 18.4 Å². The van der Waals surface area contributed by atoms with Gasteiger partial charge in [-0.2, -0.15) is 0 Å². The molecular formula is C17H25N3S. The molecule has 1 atom stereocenters. The predicted molar refractivity (Wildman–Crippen MR) is 92.7 cm³/mol. The third kappa shape index (κ3) is 3.63. The summed E-state index contributed by atoms with van der Waals surface area (Å²) >= 11 is 1.81. The van der Waals surface area contributed by atoms with Crippen LogP contribution in [-0.2, 0) is 6.54 Å². The van der Waals surface area contributed by atoms with Crippen LogP contribution in [0.4, 0.5) is 10.8 Å². The van der Waals surface area contributed by atoms with Crippen LogP contribution in [0.3, 0.4) is 0 Å². The number of nitrogens with zero attached hydrogens (tertiary/aromatic N) is 2. The third-order valence-corrected chi connectivity index (χ3v) is 4.84. The molecule has 0 saturated heterocycles. The molecule has 1 aromatic heterocycles. The minimum absolute atomic E-state index is 0.507. The van der Waals surface area contributed by atoms with Crippen molar-refractivity contribution in [3.63, 3.8) is 0 Å². The molecule has 1 unspecified atom stereocenters. The molecule has 0 radical (unpaired) electrons. The lowest BCUT2D eigenvalue weighted by molar-refractivity contribution is 0.693. The average Bonchev–Trinajstić information content (AvgIpc) is 2.92. The van der Waals surface area contributed by atoms with Crippen molar-refractivity contribution >= 4 is 22.2 Å². The monoisotopic (exact) mass is 303 g/mol. The van der Waals surface area contributed by atoms with Crippen molar-refractivity contribution in [3.05, 3.63) is 40.9 Å². The fraction of sp³-hybridized carbons (Fsp3) is 0.471. The Hall–Kier alpha value is -1.39. The molecule has 1 aromatic carbocycles. The molecule has 0 aliphatic rings. The molecular weight excluding hydrogens is 278 g/mol. The maximum absolute atomic E-state index is 4.95. The lowest BCUT2D eigenvalue weighted by Crippen LogP contribution is -2.15. The number of benzene rings is 1. The first-order valence-electron chi connectivity index (χ1n) is 7.68. The molecule has 1 heterocycles. The first-order chi connectivity index (χ1) is 10.2. The molecule has 3 nitrogen and oxygen atoms in total. The van der Waals surface area contributed by atoms with E-state index in [2.05, 4.69) is 61.3 Å². The summed E-state index contributed by atoms with van der Waals surface area (Å²) in [5.74, 6) is 0.507. The van der Waals surface area contributed by atoms with Crippen LogP contribution >= 0.6 is 11.3 Å². The van der Waals surface area contributed by atoms with E-state index in [1.165, 1.54) is 16.3 Å². The maximum Gasteiger partial charge on any atom is 0.190 e. The van der Waals surface area contributed by atoms with E-state index in [1.54, 1.807) is 0 Å². The fourth-order valence-electron chi connectivity index (χ4n) is 2.37. The highest BCUT2D eigenvalue weighted by Crippen LogP contribution is 2.35. The predicted octanol–water partition coefficient (Wildman–Crippen LogP) is 4.53. The molecule has 0 aliphatic carbocycles. The van der Waals surface area contributed by atoms with Crippen LogP contribution in [0.5, 0.6) is 0 Å². The smallest absolute Gasteiger partial charge is 0.190 e. The Balaban J connectivity index is 2.38. The highest BCUT2D eigenvalue weighted by molar-refractivity contribution is 7.15. The summed E-state index contributed by atoms with van der Waals surface area (Å²) in [4.78, 5) is 8.60. The summed E-state index contributed by atoms with van der Waals surface area (Å²) in [7, 11) is 1.99. The zero-order chi connectivity index (χ0) is 15.2. The van der Waals surface area contributed by atoms with E-state index >= 15 is 0 Å². The van der Waals surface area contributed by atoms with Crippen LogP contribution < -0.4 is 10.2 Å². The minimum Gasteiger partial charge on any atom is -0.318 e. The van der Waals surface area contributed by atoms with Crippen molar-refractivity contribution in [1.82, 2.24) is 10.3 Å². The molecule has 0 aliphatic heterocycles. The second-order valence-corrected chi connectivity index (χ2v) is 6.29. The summed E-state index contributed by atoms with van der Waals surface area (Å²) in [6.07, 6.45) is 1.12. The topological polar surface area (TPSA) is 28.2 Å². The summed E-state index contributed by atoms with van der Waals surface area (Å²) in [6, 6.07) is 10.5. The van der Waals surface area contributed by atoms with Crippen molar-refractivity contribution in [2.24, 2.45) is 0 Å². The van der Waals surface area contributed by atoms with Crippen LogP contribution in [-0.4, -0.2) is 18.6 Å². The van der Waals surface area contributed by atoms with Gasteiger partial charge in [-0.1, -0.05) is 43.4 Å². The van der Waals surface area contributed by atoms with Crippen LogP contribution in [0.25, 0.3) is 0 Å². The van der Waals surface area contributed by atoms with E-state index in [4.69, 9.17) is 4.98 Å². The molecule has 0 fully saturated rings. The Morgan fingerprint density at radius 3 is 2.52 bits per heavy atom. The summed E-state index contributed by atoms with van der Waals surface area (Å²) in [6.45, 7) is 8.48. The quantitative estimate of drug-likeness (QED) is 0.814. The summed E-state index contributed by atoms with van der Waals surface area (Å²) in [5, 5.41) is 4.37. The molecule has 0 spiro atoms. The van der Waals surface area contributed by atoms with Crippen LogP contribution in [0.1, 0.15) is 43.7 Å². The van der Waals surface area contributed by atoms with Gasteiger partial charge < -0.3 is 10.2 Å². The van der Waals surface area contributed by atoms with Crippen LogP contribution in [0.15, 0.2) is 30.3 Å². The van der Waals surface area contributed by atoms with Gasteiger partial charge in [0.1, 0.15) is 0 Å². The van der Waals surface area contributed by atoms with E-state index in [0.717, 1.165) is 24.6 Å². The van der Waals surface area contributed by atoms with Gasteiger partial charge >= 0.3 is 0 Å². The molecule has 0 amide bonds. The molecule has 0 bridgehead atoms. The van der Waals surface area contributed by atoms with Crippen molar-refractivity contribution < 1.29 is 0 Å². The number of hydrogen-bond donors (Lipinski definition) is 1. The Bertz CT molecular complexity index is 550. The van der Waals surface area contributed by atoms with Crippen LogP contribution in [0, 0.1) is 0 Å². The molecule has 2 rings (SSSR count). The normalized spacial score (nSPS) is 12.4. The number of anilines is 2. The van der Waals surface area contributed by atoms with Gasteiger partial charge in [-0.25, -0.2) is 4.98 Å². The van der Waals surface area contributed by atoms with Gasteiger partial charge in [0.15, 0.2) is 5.13 Å². The van der Waals surface area contributed by atoms with Gasteiger partial charge in [-0.3, -0.25) is 0 Å². The number of rotatable bonds is 7. The number of hydrogen-bond acceptors (Lipinski definition) is 4. The Kier molecular flexibility index (Phi) is 5.76. The second-order valence-electron chi connectivity index (χ2n) is 5.22. The van der Waals surface area contributed by atoms with Gasteiger partial charge in [-0.15, -0.1) is 0 Å². The van der Waals surface area contributed by atoms with Crippen molar-refractivity contribution in [1.29, 1.82) is 0 Å². The summed E-state index contributed by atoms with van der Waals surface area (Å²) < 4.78 is 0. The van der Waals surface area contributed by atoms with Gasteiger partial charge in [0, 0.05) is 23.7 Å². The van der Waals surface area contributed by atoms with Crippen molar-refractivity contribution in [2.45, 2.75) is 39.7 Å². The summed E-state index contributed by atoms with van der Waals surface area (Å²) in [5.41, 5.74) is 2.46. The van der Waals surface area contributed by atoms with E-state index in [-0.39, 0.29) is 0 Å². The lowest BCUT2D eigenvalue weighted by Gasteiger charge is -2.19. The highest BCUT2D eigenvalue weighted by atomic mass is 32.1. The molecule has 114 valence electrons. The standard InChI is InChI=1S/C17H25N3S/c1-5-13(3)16-15(12-18-4)21-17(19-16)20(6-2)14-10-8-7-9-11-14/h7-11,13,18H,5-6,12H2,1-4H3. The minimum atomic E-state index is 0.507. The molecule has 0 saturated carbocycles. The Morgan fingerprint density at radius 2 is 1.95 bits per heavy atom.